The van der Waals surface area contributed by atoms with E-state index in [-0.39, 0.29) is 5.91 Å². The van der Waals surface area contributed by atoms with Crippen LogP contribution < -0.4 is 11.1 Å². The highest BCUT2D eigenvalue weighted by atomic mass is 35.5. The largest absolute Gasteiger partial charge is 0.368 e. The number of nitrogens with two attached hydrogens (primary N) is 1. The Bertz CT molecular complexity index is 914. The van der Waals surface area contributed by atoms with Crippen LogP contribution in [0, 0.1) is 12.8 Å². The third kappa shape index (κ3) is 5.67. The Morgan fingerprint density at radius 2 is 1.94 bits per heavy atom. The van der Waals surface area contributed by atoms with E-state index in [1.165, 1.54) is 0 Å². The monoisotopic (exact) mass is 457 g/mol. The highest BCUT2D eigenvalue weighted by Gasteiger charge is 2.40. The van der Waals surface area contributed by atoms with Gasteiger partial charge < -0.3 is 16.0 Å². The predicted octanol–water partition coefficient (Wildman–Crippen LogP) is 2.68. The maximum Gasteiger partial charge on any atom is 0.237 e. The normalized spacial score (nSPS) is 18.2. The molecule has 172 valence electrons. The number of likely N-dealkylation sites (N-methyl/N-ethyl adjacent to an activating group) is 1. The Labute approximate surface area is 195 Å². The summed E-state index contributed by atoms with van der Waals surface area (Å²) in [5.41, 5.74) is 6.83. The summed E-state index contributed by atoms with van der Waals surface area (Å²) in [6.07, 6.45) is 9.96. The SMILES string of the molecule is C#C.CCNC1(C(N)=O)CCN(C2=NC(C)=NCN2/N=C(\CC)c2ccccc2Cl)CC1. The second kappa shape index (κ2) is 11.7. The number of hydrogen-bond donors (Lipinski definition) is 2. The zero-order chi connectivity index (χ0) is 23.7. The fourth-order valence-corrected chi connectivity index (χ4v) is 4.12. The second-order valence-corrected chi connectivity index (χ2v) is 7.91. The summed E-state index contributed by atoms with van der Waals surface area (Å²) < 4.78 is 0. The van der Waals surface area contributed by atoms with Gasteiger partial charge in [-0.25, -0.2) is 10.0 Å². The Hall–Kier alpha value is -2.89. The molecular weight excluding hydrogens is 426 g/mol. The summed E-state index contributed by atoms with van der Waals surface area (Å²) in [6, 6.07) is 7.70. The molecule has 0 aliphatic carbocycles. The third-order valence-electron chi connectivity index (χ3n) is 5.57. The van der Waals surface area contributed by atoms with Gasteiger partial charge in [0.15, 0.2) is 0 Å². The van der Waals surface area contributed by atoms with E-state index in [2.05, 4.69) is 40.0 Å². The van der Waals surface area contributed by atoms with Crippen molar-refractivity contribution in [2.75, 3.05) is 26.3 Å². The minimum atomic E-state index is -0.663. The number of hydrazone groups is 1. The van der Waals surface area contributed by atoms with Crippen LogP contribution in [0.4, 0.5) is 0 Å². The minimum Gasteiger partial charge on any atom is -0.368 e. The number of piperidine rings is 1. The van der Waals surface area contributed by atoms with Gasteiger partial charge in [-0.15, -0.1) is 12.8 Å². The molecule has 2 heterocycles. The Morgan fingerprint density at radius 3 is 2.50 bits per heavy atom. The molecule has 0 aromatic heterocycles. The van der Waals surface area contributed by atoms with Crippen LogP contribution >= 0.6 is 11.6 Å². The number of amidine groups is 1. The van der Waals surface area contributed by atoms with Gasteiger partial charge in [0.1, 0.15) is 18.0 Å². The number of amides is 1. The number of benzene rings is 1. The van der Waals surface area contributed by atoms with Crippen LogP contribution in [0.5, 0.6) is 0 Å². The predicted molar refractivity (Wildman–Crippen MR) is 132 cm³/mol. The maximum absolute atomic E-state index is 12.1. The fraction of sp³-hybridized carbons (Fsp3) is 0.478. The van der Waals surface area contributed by atoms with Gasteiger partial charge >= 0.3 is 0 Å². The third-order valence-corrected chi connectivity index (χ3v) is 5.90. The van der Waals surface area contributed by atoms with Crippen molar-refractivity contribution in [1.82, 2.24) is 15.2 Å². The van der Waals surface area contributed by atoms with Crippen molar-refractivity contribution in [3.63, 3.8) is 0 Å². The molecule has 1 saturated heterocycles. The number of carbonyl (C=O) groups excluding carboxylic acids is 1. The van der Waals surface area contributed by atoms with Gasteiger partial charge in [-0.05, 0) is 38.8 Å². The molecule has 0 spiro atoms. The quantitative estimate of drug-likeness (QED) is 0.506. The van der Waals surface area contributed by atoms with Gasteiger partial charge in [0, 0.05) is 23.7 Å². The number of carbonyl (C=O) groups is 1. The van der Waals surface area contributed by atoms with E-state index in [1.807, 2.05) is 43.1 Å². The number of hydrogen-bond acceptors (Lipinski definition) is 7. The summed E-state index contributed by atoms with van der Waals surface area (Å²) >= 11 is 6.40. The van der Waals surface area contributed by atoms with E-state index < -0.39 is 5.54 Å². The number of primary amides is 1. The van der Waals surface area contributed by atoms with Gasteiger partial charge in [-0.1, -0.05) is 43.6 Å². The Balaban J connectivity index is 0.00000176. The summed E-state index contributed by atoms with van der Waals surface area (Å²) in [4.78, 5) is 23.4. The van der Waals surface area contributed by atoms with Gasteiger partial charge in [0.05, 0.1) is 5.71 Å². The number of rotatable bonds is 6. The van der Waals surface area contributed by atoms with Crippen LogP contribution in [0.15, 0.2) is 39.4 Å². The molecule has 0 saturated carbocycles. The molecule has 2 aliphatic heterocycles. The molecule has 0 atom stereocenters. The molecule has 1 aromatic rings. The van der Waals surface area contributed by atoms with Crippen molar-refractivity contribution in [3.8, 4) is 12.8 Å². The van der Waals surface area contributed by atoms with Crippen LogP contribution in [0.2, 0.25) is 5.02 Å². The van der Waals surface area contributed by atoms with Crippen molar-refractivity contribution in [2.45, 2.75) is 45.6 Å². The Kier molecular flexibility index (Phi) is 9.24. The van der Waals surface area contributed by atoms with Crippen molar-refractivity contribution in [1.29, 1.82) is 0 Å². The van der Waals surface area contributed by atoms with Crippen molar-refractivity contribution >= 4 is 35.0 Å². The molecule has 8 nitrogen and oxygen atoms in total. The first-order valence-corrected chi connectivity index (χ1v) is 11.1. The molecule has 0 bridgehead atoms. The first-order valence-electron chi connectivity index (χ1n) is 10.7. The van der Waals surface area contributed by atoms with Crippen molar-refractivity contribution < 1.29 is 4.79 Å². The number of nitrogens with one attached hydrogen (secondary N) is 1. The van der Waals surface area contributed by atoms with Crippen molar-refractivity contribution in [2.24, 2.45) is 20.8 Å². The lowest BCUT2D eigenvalue weighted by Gasteiger charge is -2.42. The van der Waals surface area contributed by atoms with E-state index in [0.29, 0.717) is 50.0 Å². The topological polar surface area (TPSA) is 98.7 Å². The zero-order valence-corrected chi connectivity index (χ0v) is 19.8. The second-order valence-electron chi connectivity index (χ2n) is 7.50. The molecule has 1 aromatic carbocycles. The summed E-state index contributed by atoms with van der Waals surface area (Å²) in [7, 11) is 0. The van der Waals surface area contributed by atoms with Gasteiger partial charge in [-0.3, -0.25) is 4.79 Å². The number of aliphatic imine (C=N–C) groups is 2. The number of nitrogens with zero attached hydrogens (tertiary/aromatic N) is 5. The van der Waals surface area contributed by atoms with Crippen LogP contribution in [-0.2, 0) is 4.79 Å². The van der Waals surface area contributed by atoms with E-state index >= 15 is 0 Å². The molecule has 9 heteroatoms. The highest BCUT2D eigenvalue weighted by molar-refractivity contribution is 6.34. The average molecular weight is 458 g/mol. The van der Waals surface area contributed by atoms with Gasteiger partial charge in [0.25, 0.3) is 0 Å². The molecule has 1 fully saturated rings. The van der Waals surface area contributed by atoms with Gasteiger partial charge in [-0.2, -0.15) is 10.1 Å². The molecule has 1 amide bonds. The number of halogens is 1. The van der Waals surface area contributed by atoms with Crippen LogP contribution in [-0.4, -0.2) is 65.2 Å². The molecule has 0 unspecified atom stereocenters. The molecule has 2 aliphatic rings. The number of guanidine groups is 1. The lowest BCUT2D eigenvalue weighted by atomic mass is 9.86. The van der Waals surface area contributed by atoms with Gasteiger partial charge in [0.2, 0.25) is 11.9 Å². The molecule has 0 radical (unpaired) electrons. The zero-order valence-electron chi connectivity index (χ0n) is 19.0. The highest BCUT2D eigenvalue weighted by Crippen LogP contribution is 2.24. The van der Waals surface area contributed by atoms with E-state index in [4.69, 9.17) is 22.4 Å². The lowest BCUT2D eigenvalue weighted by molar-refractivity contribution is -0.126. The number of terminal acetylenes is 1. The molecule has 3 N–H and O–H groups in total. The summed E-state index contributed by atoms with van der Waals surface area (Å²) in [5.74, 6) is 1.16. The maximum atomic E-state index is 12.1. The van der Waals surface area contributed by atoms with Crippen LogP contribution in [0.3, 0.4) is 0 Å². The first kappa shape index (κ1) is 25.4. The lowest BCUT2D eigenvalue weighted by Crippen LogP contribution is -2.62. The van der Waals surface area contributed by atoms with Crippen molar-refractivity contribution in [3.05, 3.63) is 34.9 Å². The van der Waals surface area contributed by atoms with E-state index in [9.17, 15) is 4.79 Å². The standard InChI is InChI=1S/C21H30ClN7O.C2H2/c1-4-18(16-8-6-7-9-17(16)22)27-29-14-24-15(3)26-20(29)28-12-10-21(11-13-28,19(23)30)25-5-2;1-2/h6-9,25H,4-5,10-14H2,1-3H3,(H2,23,30);1-2H/b27-18+;. The summed E-state index contributed by atoms with van der Waals surface area (Å²) in [5, 5.41) is 10.6. The van der Waals surface area contributed by atoms with E-state index in [1.54, 1.807) is 0 Å². The van der Waals surface area contributed by atoms with Crippen LogP contribution in [0.1, 0.15) is 45.6 Å². The molecule has 32 heavy (non-hydrogen) atoms. The molecule has 3 rings (SSSR count). The Morgan fingerprint density at radius 1 is 1.28 bits per heavy atom. The summed E-state index contributed by atoms with van der Waals surface area (Å²) in [6.45, 7) is 8.32. The first-order chi connectivity index (χ1) is 15.4. The average Bonchev–Trinajstić information content (AvgIpc) is 2.81. The van der Waals surface area contributed by atoms with Crippen LogP contribution in [0.25, 0.3) is 0 Å². The smallest absolute Gasteiger partial charge is 0.237 e. The van der Waals surface area contributed by atoms with E-state index in [0.717, 1.165) is 23.7 Å². The fourth-order valence-electron chi connectivity index (χ4n) is 3.87. The number of likely N-dealkylation sites (tertiary alicyclic amines) is 1. The minimum absolute atomic E-state index is 0.297. The molecular formula is C23H32ClN7O.